The van der Waals surface area contributed by atoms with Gasteiger partial charge in [0, 0.05) is 25.0 Å². The van der Waals surface area contributed by atoms with Crippen molar-refractivity contribution in [1.82, 2.24) is 20.0 Å². The van der Waals surface area contributed by atoms with E-state index in [1.165, 1.54) is 5.56 Å². The van der Waals surface area contributed by atoms with E-state index in [0.717, 1.165) is 17.3 Å². The Labute approximate surface area is 168 Å². The summed E-state index contributed by atoms with van der Waals surface area (Å²) in [6.45, 7) is 1.63. The SMILES string of the molecule is O=C(c1n[nH]c2ccccc12)N1C[C@@H]2OCC(=O)N(CCc3ccccc3)[C@H]2C1. The highest BCUT2D eigenvalue weighted by atomic mass is 16.5. The fourth-order valence-electron chi connectivity index (χ4n) is 4.29. The lowest BCUT2D eigenvalue weighted by Gasteiger charge is -2.36. The molecule has 0 saturated carbocycles. The van der Waals surface area contributed by atoms with Crippen LogP contribution >= 0.6 is 0 Å². The van der Waals surface area contributed by atoms with Crippen LogP contribution < -0.4 is 0 Å². The number of hydrogen-bond acceptors (Lipinski definition) is 4. The Balaban J connectivity index is 1.33. The van der Waals surface area contributed by atoms with Gasteiger partial charge >= 0.3 is 0 Å². The molecule has 2 aliphatic rings. The predicted molar refractivity (Wildman–Crippen MR) is 107 cm³/mol. The van der Waals surface area contributed by atoms with Crippen molar-refractivity contribution in [2.75, 3.05) is 26.2 Å². The van der Waals surface area contributed by atoms with Crippen molar-refractivity contribution in [2.24, 2.45) is 0 Å². The smallest absolute Gasteiger partial charge is 0.275 e. The predicted octanol–water partition coefficient (Wildman–Crippen LogP) is 1.86. The van der Waals surface area contributed by atoms with Gasteiger partial charge in [0.15, 0.2) is 5.69 Å². The van der Waals surface area contributed by atoms with Crippen LogP contribution in [0.2, 0.25) is 0 Å². The normalized spacial score (nSPS) is 21.6. The third kappa shape index (κ3) is 3.27. The Bertz CT molecular complexity index is 1050. The van der Waals surface area contributed by atoms with Gasteiger partial charge in [0.05, 0.1) is 17.7 Å². The molecule has 2 saturated heterocycles. The van der Waals surface area contributed by atoms with Crippen LogP contribution in [-0.4, -0.2) is 70.2 Å². The molecule has 0 unspecified atom stereocenters. The molecule has 1 aromatic heterocycles. The fraction of sp³-hybridized carbons (Fsp3) is 0.318. The molecule has 3 aromatic rings. The summed E-state index contributed by atoms with van der Waals surface area (Å²) in [5.41, 5.74) is 2.45. The highest BCUT2D eigenvalue weighted by Gasteiger charge is 2.45. The summed E-state index contributed by atoms with van der Waals surface area (Å²) >= 11 is 0. The Morgan fingerprint density at radius 3 is 2.76 bits per heavy atom. The number of hydrogen-bond donors (Lipinski definition) is 1. The topological polar surface area (TPSA) is 78.5 Å². The molecule has 2 amide bonds. The van der Waals surface area contributed by atoms with Gasteiger partial charge in [-0.25, -0.2) is 0 Å². The summed E-state index contributed by atoms with van der Waals surface area (Å²) in [5.74, 6) is -0.141. The molecule has 3 heterocycles. The van der Waals surface area contributed by atoms with Crippen LogP contribution in [0.25, 0.3) is 10.9 Å². The standard InChI is InChI=1S/C22H22N4O3/c27-20-14-29-19-13-25(22(28)21-16-8-4-5-9-17(16)23-24-21)12-18(19)26(20)11-10-15-6-2-1-3-7-15/h1-9,18-19H,10-14H2,(H,23,24)/t18-,19-/m0/s1. The number of benzene rings is 2. The van der Waals surface area contributed by atoms with Gasteiger partial charge in [-0.3, -0.25) is 14.7 Å². The van der Waals surface area contributed by atoms with Crippen LogP contribution in [0, 0.1) is 0 Å². The summed E-state index contributed by atoms with van der Waals surface area (Å²) < 4.78 is 5.77. The monoisotopic (exact) mass is 390 g/mol. The third-order valence-electron chi connectivity index (χ3n) is 5.82. The molecule has 0 spiro atoms. The molecule has 0 bridgehead atoms. The molecule has 5 rings (SSSR count). The van der Waals surface area contributed by atoms with Crippen LogP contribution in [0.3, 0.4) is 0 Å². The maximum atomic E-state index is 13.1. The lowest BCUT2D eigenvalue weighted by Crippen LogP contribution is -2.54. The zero-order valence-corrected chi connectivity index (χ0v) is 16.0. The van der Waals surface area contributed by atoms with Crippen molar-refractivity contribution in [3.8, 4) is 0 Å². The number of likely N-dealkylation sites (tertiary alicyclic amines) is 1. The lowest BCUT2D eigenvalue weighted by atomic mass is 10.1. The van der Waals surface area contributed by atoms with Crippen LogP contribution in [0.1, 0.15) is 16.1 Å². The number of nitrogens with zero attached hydrogens (tertiary/aromatic N) is 3. The van der Waals surface area contributed by atoms with Gasteiger partial charge in [0.25, 0.3) is 5.91 Å². The van der Waals surface area contributed by atoms with Gasteiger partial charge in [-0.2, -0.15) is 5.10 Å². The third-order valence-corrected chi connectivity index (χ3v) is 5.82. The van der Waals surface area contributed by atoms with E-state index >= 15 is 0 Å². The average molecular weight is 390 g/mol. The van der Waals surface area contributed by atoms with Crippen molar-refractivity contribution in [1.29, 1.82) is 0 Å². The van der Waals surface area contributed by atoms with Gasteiger partial charge in [0.1, 0.15) is 6.61 Å². The Morgan fingerprint density at radius 1 is 1.10 bits per heavy atom. The molecule has 0 radical (unpaired) electrons. The van der Waals surface area contributed by atoms with E-state index in [2.05, 4.69) is 22.3 Å². The molecular weight excluding hydrogens is 368 g/mol. The molecular formula is C22H22N4O3. The summed E-state index contributed by atoms with van der Waals surface area (Å²) in [6.07, 6.45) is 0.630. The average Bonchev–Trinajstić information content (AvgIpc) is 3.38. The van der Waals surface area contributed by atoms with Crippen molar-refractivity contribution in [3.63, 3.8) is 0 Å². The first-order chi connectivity index (χ1) is 14.2. The second-order valence-electron chi connectivity index (χ2n) is 7.57. The largest absolute Gasteiger partial charge is 0.364 e. The summed E-state index contributed by atoms with van der Waals surface area (Å²) in [6, 6.07) is 17.6. The first-order valence-corrected chi connectivity index (χ1v) is 9.88. The molecule has 2 atom stereocenters. The van der Waals surface area contributed by atoms with E-state index in [1.807, 2.05) is 47.4 Å². The highest BCUT2D eigenvalue weighted by Crippen LogP contribution is 2.26. The summed E-state index contributed by atoms with van der Waals surface area (Å²) in [4.78, 5) is 29.3. The molecule has 7 nitrogen and oxygen atoms in total. The van der Waals surface area contributed by atoms with Crippen molar-refractivity contribution >= 4 is 22.7 Å². The molecule has 2 aliphatic heterocycles. The number of rotatable bonds is 4. The van der Waals surface area contributed by atoms with Crippen LogP contribution in [-0.2, 0) is 16.0 Å². The number of nitrogens with one attached hydrogen (secondary N) is 1. The van der Waals surface area contributed by atoms with Gasteiger partial charge in [-0.15, -0.1) is 0 Å². The molecule has 29 heavy (non-hydrogen) atoms. The summed E-state index contributed by atoms with van der Waals surface area (Å²) in [5, 5.41) is 7.96. The molecule has 2 aromatic carbocycles. The number of ether oxygens (including phenoxy) is 1. The van der Waals surface area contributed by atoms with Gasteiger partial charge in [-0.1, -0.05) is 48.5 Å². The van der Waals surface area contributed by atoms with Crippen molar-refractivity contribution in [3.05, 3.63) is 65.9 Å². The molecule has 0 aliphatic carbocycles. The number of aromatic amines is 1. The van der Waals surface area contributed by atoms with Crippen LogP contribution in [0.4, 0.5) is 0 Å². The minimum atomic E-state index is -0.155. The molecule has 2 fully saturated rings. The first kappa shape index (κ1) is 17.9. The highest BCUT2D eigenvalue weighted by molar-refractivity contribution is 6.04. The fourth-order valence-corrected chi connectivity index (χ4v) is 4.29. The van der Waals surface area contributed by atoms with E-state index < -0.39 is 0 Å². The van der Waals surface area contributed by atoms with Crippen LogP contribution in [0.5, 0.6) is 0 Å². The van der Waals surface area contributed by atoms with E-state index in [0.29, 0.717) is 25.3 Å². The molecule has 1 N–H and O–H groups in total. The van der Waals surface area contributed by atoms with E-state index in [4.69, 9.17) is 4.74 Å². The second-order valence-corrected chi connectivity index (χ2v) is 7.57. The Hall–Kier alpha value is -3.19. The van der Waals surface area contributed by atoms with Gasteiger partial charge < -0.3 is 14.5 Å². The first-order valence-electron chi connectivity index (χ1n) is 9.88. The minimum absolute atomic E-state index is 0.0123. The van der Waals surface area contributed by atoms with Gasteiger partial charge in [0.2, 0.25) is 5.91 Å². The zero-order chi connectivity index (χ0) is 19.8. The van der Waals surface area contributed by atoms with E-state index in [9.17, 15) is 9.59 Å². The quantitative estimate of drug-likeness (QED) is 0.738. The number of para-hydroxylation sites is 1. The molecule has 148 valence electrons. The van der Waals surface area contributed by atoms with E-state index in [-0.39, 0.29) is 30.6 Å². The maximum Gasteiger partial charge on any atom is 0.275 e. The number of fused-ring (bicyclic) bond motifs is 2. The Morgan fingerprint density at radius 2 is 1.90 bits per heavy atom. The number of morpholine rings is 1. The number of H-pyrrole nitrogens is 1. The minimum Gasteiger partial charge on any atom is -0.364 e. The maximum absolute atomic E-state index is 13.1. The number of aromatic nitrogens is 2. The van der Waals surface area contributed by atoms with Crippen LogP contribution in [0.15, 0.2) is 54.6 Å². The lowest BCUT2D eigenvalue weighted by molar-refractivity contribution is -0.152. The molecule has 7 heteroatoms. The van der Waals surface area contributed by atoms with Crippen molar-refractivity contribution < 1.29 is 14.3 Å². The zero-order valence-electron chi connectivity index (χ0n) is 16.0. The van der Waals surface area contributed by atoms with E-state index in [1.54, 1.807) is 4.90 Å². The number of carbonyl (C=O) groups is 2. The second kappa shape index (κ2) is 7.33. The Kier molecular flexibility index (Phi) is 4.52. The van der Waals surface area contributed by atoms with Crippen molar-refractivity contribution in [2.45, 2.75) is 18.6 Å². The number of amides is 2. The number of carbonyl (C=O) groups excluding carboxylic acids is 2. The summed E-state index contributed by atoms with van der Waals surface area (Å²) in [7, 11) is 0. The van der Waals surface area contributed by atoms with Gasteiger partial charge in [-0.05, 0) is 18.1 Å².